The summed E-state index contributed by atoms with van der Waals surface area (Å²) in [7, 11) is 0. The molecule has 1 spiro atoms. The largest absolute Gasteiger partial charge is 0.369 e. The van der Waals surface area contributed by atoms with Gasteiger partial charge in [-0.15, -0.1) is 0 Å². The molecule has 0 atom stereocenters. The molecule has 1 aromatic heterocycles. The third-order valence-corrected chi connectivity index (χ3v) is 5.38. The fourth-order valence-corrected chi connectivity index (χ4v) is 4.12. The van der Waals surface area contributed by atoms with Crippen LogP contribution >= 0.6 is 0 Å². The highest BCUT2D eigenvalue weighted by molar-refractivity contribution is 6.10. The lowest BCUT2D eigenvalue weighted by Crippen LogP contribution is -2.58. The van der Waals surface area contributed by atoms with Crippen LogP contribution in [0.15, 0.2) is 20.8 Å². The Labute approximate surface area is 145 Å². The lowest BCUT2D eigenvalue weighted by Gasteiger charge is -2.46. The molecule has 0 bridgehead atoms. The highest BCUT2D eigenvalue weighted by Gasteiger charge is 2.44. The van der Waals surface area contributed by atoms with Crippen molar-refractivity contribution in [3.05, 3.63) is 27.7 Å². The normalized spacial score (nSPS) is 20.0. The number of hydrogen-bond acceptors (Lipinski definition) is 6. The lowest BCUT2D eigenvalue weighted by molar-refractivity contribution is 0.305. The molecule has 25 heavy (non-hydrogen) atoms. The number of imidazole rings is 1. The third-order valence-electron chi connectivity index (χ3n) is 5.38. The molecule has 2 aromatic rings. The van der Waals surface area contributed by atoms with Crippen LogP contribution in [0.3, 0.4) is 0 Å². The summed E-state index contributed by atoms with van der Waals surface area (Å²) < 4.78 is 0. The predicted octanol–water partition coefficient (Wildman–Crippen LogP) is 1.58. The fourth-order valence-electron chi connectivity index (χ4n) is 4.12. The molecule has 1 saturated carbocycles. The first kappa shape index (κ1) is 15.7. The lowest BCUT2D eigenvalue weighted by atomic mass is 9.86. The number of benzene rings is 1. The van der Waals surface area contributed by atoms with E-state index in [-0.39, 0.29) is 11.6 Å². The second-order valence-electron chi connectivity index (χ2n) is 6.99. The average Bonchev–Trinajstić information content (AvgIpc) is 2.91. The van der Waals surface area contributed by atoms with E-state index in [0.29, 0.717) is 5.96 Å². The Morgan fingerprint density at radius 3 is 2.60 bits per heavy atom. The minimum absolute atomic E-state index is 0.222. The van der Waals surface area contributed by atoms with E-state index in [1.165, 1.54) is 6.42 Å². The summed E-state index contributed by atoms with van der Waals surface area (Å²) in [6, 6.07) is 1.97. The molecule has 0 amide bonds. The number of fused-ring (bicyclic) bond motifs is 1. The predicted molar refractivity (Wildman–Crippen MR) is 99.9 cm³/mol. The number of aliphatic imine (C=N–C) groups is 2. The number of aromatic nitrogens is 2. The number of anilines is 1. The van der Waals surface area contributed by atoms with Gasteiger partial charge in [0.15, 0.2) is 0 Å². The Morgan fingerprint density at radius 1 is 1.16 bits per heavy atom. The summed E-state index contributed by atoms with van der Waals surface area (Å²) >= 11 is 0. The standard InChI is InChI=1S/C17H23N7O/c1-9-8-11-12(21-16(25)20-11)13(10(9)2)24-15(19)22-14(18)23-17(24)6-4-3-5-7-17/h8H,3-7H2,1-2H3,(H2,20,21,25)(H4,18,19,22,23). The molecule has 0 saturated heterocycles. The molecule has 2 aliphatic rings. The molecule has 1 aliphatic heterocycles. The number of nitrogens with zero attached hydrogens (tertiary/aromatic N) is 3. The van der Waals surface area contributed by atoms with Crippen molar-refractivity contribution in [3.63, 3.8) is 0 Å². The Kier molecular flexibility index (Phi) is 3.38. The molecular weight excluding hydrogens is 318 g/mol. The van der Waals surface area contributed by atoms with E-state index in [2.05, 4.69) is 15.0 Å². The molecule has 0 radical (unpaired) electrons. The van der Waals surface area contributed by atoms with Crippen LogP contribution in [-0.2, 0) is 0 Å². The van der Waals surface area contributed by atoms with Gasteiger partial charge >= 0.3 is 5.69 Å². The van der Waals surface area contributed by atoms with Crippen LogP contribution < -0.4 is 22.1 Å². The van der Waals surface area contributed by atoms with E-state index >= 15 is 0 Å². The van der Waals surface area contributed by atoms with E-state index in [4.69, 9.17) is 16.5 Å². The topological polar surface area (TPSA) is 129 Å². The van der Waals surface area contributed by atoms with E-state index in [9.17, 15) is 4.79 Å². The van der Waals surface area contributed by atoms with Crippen LogP contribution in [0.1, 0.15) is 43.2 Å². The molecule has 8 heteroatoms. The number of aromatic amines is 2. The summed E-state index contributed by atoms with van der Waals surface area (Å²) in [6.45, 7) is 4.05. The van der Waals surface area contributed by atoms with Crippen LogP contribution in [0.25, 0.3) is 11.0 Å². The Hall–Kier alpha value is -2.77. The van der Waals surface area contributed by atoms with Crippen molar-refractivity contribution in [1.82, 2.24) is 9.97 Å². The first-order valence-corrected chi connectivity index (χ1v) is 8.63. The first-order valence-electron chi connectivity index (χ1n) is 8.63. The number of nitrogens with two attached hydrogens (primary N) is 2. The van der Waals surface area contributed by atoms with Crippen LogP contribution in [0.5, 0.6) is 0 Å². The van der Waals surface area contributed by atoms with Gasteiger partial charge in [0.2, 0.25) is 11.9 Å². The highest BCUT2D eigenvalue weighted by Crippen LogP contribution is 2.43. The Bertz CT molecular complexity index is 959. The van der Waals surface area contributed by atoms with Crippen molar-refractivity contribution >= 4 is 28.6 Å². The Balaban J connectivity index is 2.02. The van der Waals surface area contributed by atoms with Gasteiger partial charge in [0.1, 0.15) is 5.66 Å². The maximum absolute atomic E-state index is 11.9. The molecule has 1 aliphatic carbocycles. The van der Waals surface area contributed by atoms with E-state index < -0.39 is 5.66 Å². The maximum Gasteiger partial charge on any atom is 0.323 e. The van der Waals surface area contributed by atoms with Crippen molar-refractivity contribution in [2.24, 2.45) is 21.5 Å². The van der Waals surface area contributed by atoms with Gasteiger partial charge in [-0.3, -0.25) is 4.90 Å². The van der Waals surface area contributed by atoms with E-state index in [0.717, 1.165) is 53.5 Å². The van der Waals surface area contributed by atoms with Gasteiger partial charge in [-0.25, -0.2) is 9.79 Å². The molecule has 0 unspecified atom stereocenters. The number of hydrogen-bond donors (Lipinski definition) is 4. The average molecular weight is 341 g/mol. The quantitative estimate of drug-likeness (QED) is 0.627. The van der Waals surface area contributed by atoms with Gasteiger partial charge in [0.25, 0.3) is 0 Å². The first-order chi connectivity index (χ1) is 11.9. The minimum atomic E-state index is -0.534. The van der Waals surface area contributed by atoms with E-state index in [1.807, 2.05) is 24.8 Å². The number of nitrogens with one attached hydrogen (secondary N) is 2. The molecule has 132 valence electrons. The monoisotopic (exact) mass is 341 g/mol. The number of aryl methyl sites for hydroxylation is 1. The van der Waals surface area contributed by atoms with Crippen molar-refractivity contribution in [2.75, 3.05) is 4.90 Å². The highest BCUT2D eigenvalue weighted by atomic mass is 16.1. The summed E-state index contributed by atoms with van der Waals surface area (Å²) in [5.74, 6) is 0.547. The molecule has 1 fully saturated rings. The smallest absolute Gasteiger partial charge is 0.323 e. The van der Waals surface area contributed by atoms with Gasteiger partial charge in [-0.05, 0) is 56.7 Å². The minimum Gasteiger partial charge on any atom is -0.369 e. The number of rotatable bonds is 1. The molecule has 8 nitrogen and oxygen atoms in total. The zero-order chi connectivity index (χ0) is 17.8. The van der Waals surface area contributed by atoms with Crippen molar-refractivity contribution in [3.8, 4) is 0 Å². The van der Waals surface area contributed by atoms with E-state index in [1.54, 1.807) is 0 Å². The van der Waals surface area contributed by atoms with Crippen LogP contribution in [0.2, 0.25) is 0 Å². The molecular formula is C17H23N7O. The fraction of sp³-hybridized carbons (Fsp3) is 0.471. The van der Waals surface area contributed by atoms with Gasteiger partial charge in [-0.1, -0.05) is 6.42 Å². The number of guanidine groups is 2. The summed E-state index contributed by atoms with van der Waals surface area (Å²) in [5, 5.41) is 0. The molecule has 6 N–H and O–H groups in total. The maximum atomic E-state index is 11.9. The molecule has 2 heterocycles. The van der Waals surface area contributed by atoms with Gasteiger partial charge < -0.3 is 21.4 Å². The van der Waals surface area contributed by atoms with Crippen molar-refractivity contribution in [2.45, 2.75) is 51.6 Å². The summed E-state index contributed by atoms with van der Waals surface area (Å²) in [6.07, 6.45) is 4.99. The second kappa shape index (κ2) is 5.37. The van der Waals surface area contributed by atoms with Crippen LogP contribution in [0.4, 0.5) is 5.69 Å². The summed E-state index contributed by atoms with van der Waals surface area (Å²) in [4.78, 5) is 28.6. The number of H-pyrrole nitrogens is 2. The summed E-state index contributed by atoms with van der Waals surface area (Å²) in [5.41, 5.74) is 16.0. The Morgan fingerprint density at radius 2 is 1.88 bits per heavy atom. The van der Waals surface area contributed by atoms with Crippen LogP contribution in [-0.4, -0.2) is 27.5 Å². The van der Waals surface area contributed by atoms with Gasteiger partial charge in [-0.2, -0.15) is 4.99 Å². The SMILES string of the molecule is Cc1cc2[nH]c(=O)[nH]c2c(N2C(N)=NC(N)=NC23CCCCC3)c1C. The second-order valence-corrected chi connectivity index (χ2v) is 6.99. The zero-order valence-corrected chi connectivity index (χ0v) is 14.5. The van der Waals surface area contributed by atoms with Gasteiger partial charge in [0, 0.05) is 0 Å². The van der Waals surface area contributed by atoms with Crippen molar-refractivity contribution < 1.29 is 0 Å². The molecule has 4 rings (SSSR count). The molecule has 1 aromatic carbocycles. The van der Waals surface area contributed by atoms with Gasteiger partial charge in [0.05, 0.1) is 16.7 Å². The zero-order valence-electron chi connectivity index (χ0n) is 14.5. The van der Waals surface area contributed by atoms with Crippen LogP contribution in [0, 0.1) is 13.8 Å². The third kappa shape index (κ3) is 2.32. The van der Waals surface area contributed by atoms with Crippen molar-refractivity contribution in [1.29, 1.82) is 0 Å².